The predicted octanol–water partition coefficient (Wildman–Crippen LogP) is 3.15. The van der Waals surface area contributed by atoms with Gasteiger partial charge in [-0.15, -0.1) is 0 Å². The number of pyridine rings is 1. The first-order valence-corrected chi connectivity index (χ1v) is 13.5. The van der Waals surface area contributed by atoms with E-state index in [9.17, 15) is 4.79 Å². The third kappa shape index (κ3) is 4.81. The van der Waals surface area contributed by atoms with Gasteiger partial charge in [0.05, 0.1) is 0 Å². The van der Waals surface area contributed by atoms with Crippen LogP contribution >= 0.6 is 0 Å². The zero-order valence-corrected chi connectivity index (χ0v) is 22.4. The van der Waals surface area contributed by atoms with Crippen LogP contribution in [0.2, 0.25) is 0 Å². The van der Waals surface area contributed by atoms with Gasteiger partial charge in [-0.2, -0.15) is 0 Å². The van der Waals surface area contributed by atoms with Crippen LogP contribution in [0.4, 0.5) is 0 Å². The monoisotopic (exact) mass is 520 g/mol. The van der Waals surface area contributed by atoms with Gasteiger partial charge in [0.2, 0.25) is 0 Å². The molecule has 2 bridgehead atoms. The Hall–Kier alpha value is -2.53. The Morgan fingerprint density at radius 3 is 2.26 bits per heavy atom. The van der Waals surface area contributed by atoms with Crippen molar-refractivity contribution in [3.63, 3.8) is 0 Å². The van der Waals surface area contributed by atoms with E-state index >= 15 is 0 Å². The quantitative estimate of drug-likeness (QED) is 0.516. The van der Waals surface area contributed by atoms with Gasteiger partial charge >= 0.3 is 179 Å². The minimum atomic E-state index is -0.0320. The first kappa shape index (κ1) is 23.2. The van der Waals surface area contributed by atoms with Gasteiger partial charge in [0.1, 0.15) is 0 Å². The molecule has 3 heterocycles. The number of aromatic nitrogens is 5. The second-order valence-electron chi connectivity index (χ2n) is 10.1. The van der Waals surface area contributed by atoms with Crippen LogP contribution in [0, 0.1) is 6.92 Å². The molecule has 4 saturated carbocycles. The van der Waals surface area contributed by atoms with E-state index in [0.717, 1.165) is 77.4 Å². The molecule has 7 nitrogen and oxygen atoms in total. The molecule has 0 spiro atoms. The maximum atomic E-state index is 11.7. The van der Waals surface area contributed by atoms with E-state index in [1.54, 1.807) is 13.1 Å². The maximum absolute atomic E-state index is 11.7. The number of hydrogen-bond donors (Lipinski definition) is 2. The fourth-order valence-electron chi connectivity index (χ4n) is 5.28. The molecule has 2 N–H and O–H groups in total. The van der Waals surface area contributed by atoms with Gasteiger partial charge in [0.15, 0.2) is 0 Å². The number of hydrogen-bond acceptors (Lipinski definition) is 5. The number of nitrogens with one attached hydrogen (secondary N) is 2. The van der Waals surface area contributed by atoms with Gasteiger partial charge in [-0.25, -0.2) is 0 Å². The Morgan fingerprint density at radius 2 is 1.68 bits per heavy atom. The molecular formula is C26H33AsN6O. The molecule has 0 aliphatic heterocycles. The zero-order chi connectivity index (χ0) is 23.8. The van der Waals surface area contributed by atoms with Crippen LogP contribution in [0.25, 0.3) is 22.8 Å². The summed E-state index contributed by atoms with van der Waals surface area (Å²) in [4.78, 5) is 34.2. The summed E-state index contributed by atoms with van der Waals surface area (Å²) in [7, 11) is 0. The summed E-state index contributed by atoms with van der Waals surface area (Å²) in [6.45, 7) is 3.62. The van der Waals surface area contributed by atoms with Crippen LogP contribution in [-0.4, -0.2) is 53.2 Å². The summed E-state index contributed by atoms with van der Waals surface area (Å²) in [5.41, 5.74) is 4.41. The summed E-state index contributed by atoms with van der Waals surface area (Å²) >= 11 is 1.40. The molecule has 1 atom stereocenters. The molecule has 7 rings (SSSR count). The van der Waals surface area contributed by atoms with Crippen molar-refractivity contribution >= 4 is 27.4 Å². The van der Waals surface area contributed by atoms with Crippen molar-refractivity contribution < 1.29 is 4.79 Å². The number of aryl methyl sites for hydroxylation is 1. The molecule has 4 aliphatic rings. The van der Waals surface area contributed by atoms with Gasteiger partial charge in [0.25, 0.3) is 0 Å². The molecule has 0 aromatic carbocycles. The van der Waals surface area contributed by atoms with Crippen LogP contribution in [-0.2, 0) is 10.2 Å². The summed E-state index contributed by atoms with van der Waals surface area (Å²) in [5, 5.41) is 3.24. The fraction of sp³-hybridized carbons (Fsp3) is 0.500. The van der Waals surface area contributed by atoms with Gasteiger partial charge in [-0.1, -0.05) is 19.3 Å². The van der Waals surface area contributed by atoms with Gasteiger partial charge < -0.3 is 0 Å². The first-order chi connectivity index (χ1) is 16.4. The van der Waals surface area contributed by atoms with E-state index in [2.05, 4.69) is 20.3 Å². The van der Waals surface area contributed by atoms with Crippen molar-refractivity contribution in [1.29, 1.82) is 0 Å². The number of H-pyrrole nitrogens is 1. The molecular weight excluding hydrogens is 487 g/mol. The van der Waals surface area contributed by atoms with Crippen LogP contribution in [0.5, 0.6) is 0 Å². The number of nitrogens with zero attached hydrogens (tertiary/aromatic N) is 4. The Kier molecular flexibility index (Phi) is 6.32. The number of carbonyl (C=O) groups excluding carboxylic acids is 1. The molecule has 3 aromatic heterocycles. The molecule has 0 saturated heterocycles. The fourth-order valence-corrected chi connectivity index (χ4v) is 5.76. The van der Waals surface area contributed by atoms with Gasteiger partial charge in [0, 0.05) is 6.92 Å². The van der Waals surface area contributed by atoms with E-state index in [-0.39, 0.29) is 16.9 Å². The van der Waals surface area contributed by atoms with E-state index in [4.69, 9.17) is 9.97 Å². The second-order valence-corrected chi connectivity index (χ2v) is 11.2. The number of aromatic amines is 1. The third-order valence-electron chi connectivity index (χ3n) is 7.31. The normalized spacial score (nSPS) is 24.8. The van der Waals surface area contributed by atoms with Crippen molar-refractivity contribution in [1.82, 2.24) is 30.2 Å². The predicted molar refractivity (Wildman–Crippen MR) is 136 cm³/mol. The van der Waals surface area contributed by atoms with Crippen LogP contribution in [0.1, 0.15) is 76.2 Å². The van der Waals surface area contributed by atoms with E-state index in [1.165, 1.54) is 36.1 Å². The van der Waals surface area contributed by atoms with E-state index in [0.29, 0.717) is 0 Å². The molecule has 3 aromatic rings. The van der Waals surface area contributed by atoms with Crippen molar-refractivity contribution in [2.24, 2.45) is 0 Å². The van der Waals surface area contributed by atoms with Crippen molar-refractivity contribution in [3.8, 4) is 22.8 Å². The van der Waals surface area contributed by atoms with Crippen LogP contribution in [0.3, 0.4) is 0 Å². The van der Waals surface area contributed by atoms with E-state index in [1.807, 2.05) is 31.2 Å². The third-order valence-corrected chi connectivity index (χ3v) is 7.89. The Balaban J connectivity index is 0.000000745. The first-order valence-electron chi connectivity index (χ1n) is 12.3. The Morgan fingerprint density at radius 1 is 0.971 bits per heavy atom. The molecule has 34 heavy (non-hydrogen) atoms. The Labute approximate surface area is 209 Å². The number of carbonyl (C=O) groups is 1. The van der Waals surface area contributed by atoms with Crippen LogP contribution in [0.15, 0.2) is 30.5 Å². The SMILES string of the molecule is C1CC1.CC(=O)NC12CCC(c3nc(-c4cccc(C)n4)c(-c4ccnc([AsH2])n4)[nH]3)(CC1)CC2. The Bertz CT molecular complexity index is 1110. The van der Waals surface area contributed by atoms with E-state index < -0.39 is 0 Å². The molecule has 4 aliphatic carbocycles. The molecule has 178 valence electrons. The minimum absolute atomic E-state index is 0.0169. The number of fused-ring (bicyclic) bond motifs is 3. The standard InChI is InChI=1S/C23H27AsN6O.C3H6/c1-14-4-3-5-16(26-14)18-19(17-6-13-25-21(24)27-17)29-20(28-18)22-7-10-23(11-8-22,12-9-22)30-15(2)31;1-2-3-1/h3-6,13H,7-12,24H2,1-2H3,(H,28,29)(H,30,31);1-3H2. The van der Waals surface area contributed by atoms with Gasteiger partial charge in [-0.3, -0.25) is 4.79 Å². The summed E-state index contributed by atoms with van der Waals surface area (Å²) in [6, 6.07) is 7.96. The van der Waals surface area contributed by atoms with Gasteiger partial charge in [-0.05, 0) is 0 Å². The summed E-state index contributed by atoms with van der Waals surface area (Å²) in [6.07, 6.45) is 12.3. The summed E-state index contributed by atoms with van der Waals surface area (Å²) in [5.74, 6) is 1.10. The second kappa shape index (κ2) is 9.25. The van der Waals surface area contributed by atoms with Crippen molar-refractivity contribution in [2.45, 2.75) is 82.6 Å². The zero-order valence-electron chi connectivity index (χ0n) is 20.0. The number of imidazole rings is 1. The topological polar surface area (TPSA) is 96.5 Å². The molecule has 4 fully saturated rings. The number of rotatable bonds is 4. The number of amides is 1. The average Bonchev–Trinajstić information content (AvgIpc) is 3.64. The van der Waals surface area contributed by atoms with Crippen molar-refractivity contribution in [3.05, 3.63) is 42.0 Å². The molecule has 8 heteroatoms. The van der Waals surface area contributed by atoms with Crippen LogP contribution < -0.4 is 9.93 Å². The van der Waals surface area contributed by atoms with Crippen molar-refractivity contribution in [2.75, 3.05) is 0 Å². The molecule has 0 radical (unpaired) electrons. The molecule has 1 unspecified atom stereocenters. The summed E-state index contributed by atoms with van der Waals surface area (Å²) < 4.78 is 0.790. The average molecular weight is 521 g/mol. The molecule has 1 amide bonds.